The summed E-state index contributed by atoms with van der Waals surface area (Å²) in [6, 6.07) is 3.87. The first-order valence-electron chi connectivity index (χ1n) is 4.91. The Bertz CT molecular complexity index is 489. The lowest BCUT2D eigenvalue weighted by molar-refractivity contribution is 1.05. The molecule has 0 saturated heterocycles. The number of halogens is 1. The van der Waals surface area contributed by atoms with E-state index < -0.39 is 0 Å². The summed E-state index contributed by atoms with van der Waals surface area (Å²) < 4.78 is 0.783. The van der Waals surface area contributed by atoms with E-state index in [0.29, 0.717) is 18.3 Å². The highest BCUT2D eigenvalue weighted by Crippen LogP contribution is 2.20. The van der Waals surface area contributed by atoms with Crippen LogP contribution in [-0.4, -0.2) is 15.0 Å². The molecule has 2 heterocycles. The van der Waals surface area contributed by atoms with Crippen LogP contribution in [0.1, 0.15) is 5.56 Å². The Balaban J connectivity index is 2.08. The van der Waals surface area contributed by atoms with Gasteiger partial charge in [0.05, 0.1) is 4.47 Å². The van der Waals surface area contributed by atoms with Crippen molar-refractivity contribution in [3.8, 4) is 0 Å². The van der Waals surface area contributed by atoms with Crippen LogP contribution in [0, 0.1) is 0 Å². The molecule has 0 radical (unpaired) electrons. The molecule has 0 aliphatic carbocycles. The molecular weight excluding hydrogens is 284 g/mol. The molecule has 17 heavy (non-hydrogen) atoms. The van der Waals surface area contributed by atoms with E-state index in [4.69, 9.17) is 5.84 Å². The Morgan fingerprint density at radius 1 is 1.29 bits per heavy atom. The molecule has 0 aliphatic heterocycles. The van der Waals surface area contributed by atoms with E-state index in [-0.39, 0.29) is 0 Å². The van der Waals surface area contributed by atoms with Crippen LogP contribution in [0.5, 0.6) is 0 Å². The maximum atomic E-state index is 5.25. The van der Waals surface area contributed by atoms with Gasteiger partial charge in [0.2, 0.25) is 5.95 Å². The highest BCUT2D eigenvalue weighted by molar-refractivity contribution is 9.10. The molecule has 2 aromatic rings. The van der Waals surface area contributed by atoms with E-state index in [1.807, 2.05) is 12.1 Å². The highest BCUT2D eigenvalue weighted by atomic mass is 79.9. The van der Waals surface area contributed by atoms with Crippen molar-refractivity contribution < 1.29 is 0 Å². The van der Waals surface area contributed by atoms with Gasteiger partial charge in [-0.25, -0.2) is 10.8 Å². The van der Waals surface area contributed by atoms with Crippen LogP contribution in [0.4, 0.5) is 11.8 Å². The Morgan fingerprint density at radius 3 is 2.76 bits per heavy atom. The highest BCUT2D eigenvalue weighted by Gasteiger charge is 2.03. The van der Waals surface area contributed by atoms with E-state index in [1.165, 1.54) is 0 Å². The Labute approximate surface area is 107 Å². The van der Waals surface area contributed by atoms with Crippen LogP contribution in [0.2, 0.25) is 0 Å². The van der Waals surface area contributed by atoms with E-state index in [2.05, 4.69) is 41.6 Å². The second-order valence-corrected chi connectivity index (χ2v) is 4.10. The molecule has 0 bridgehead atoms. The lowest BCUT2D eigenvalue weighted by atomic mass is 10.3. The number of pyridine rings is 1. The van der Waals surface area contributed by atoms with E-state index in [9.17, 15) is 0 Å². The average molecular weight is 295 g/mol. The third-order valence-electron chi connectivity index (χ3n) is 2.08. The number of nitrogens with two attached hydrogens (primary N) is 1. The number of nitrogens with zero attached hydrogens (tertiary/aromatic N) is 3. The Morgan fingerprint density at radius 2 is 2.06 bits per heavy atom. The van der Waals surface area contributed by atoms with Gasteiger partial charge in [-0.2, -0.15) is 4.98 Å². The number of nitrogens with one attached hydrogen (secondary N) is 2. The van der Waals surface area contributed by atoms with Crippen LogP contribution in [0.15, 0.2) is 35.2 Å². The molecule has 88 valence electrons. The number of nitrogen functional groups attached to an aromatic ring is 1. The number of hydrogen-bond donors (Lipinski definition) is 3. The van der Waals surface area contributed by atoms with Gasteiger partial charge in [-0.05, 0) is 33.6 Å². The molecule has 0 atom stereocenters. The van der Waals surface area contributed by atoms with Crippen molar-refractivity contribution in [2.45, 2.75) is 6.54 Å². The molecule has 6 nitrogen and oxygen atoms in total. The summed E-state index contributed by atoms with van der Waals surface area (Å²) in [6.07, 6.45) is 5.13. The van der Waals surface area contributed by atoms with Crippen molar-refractivity contribution in [2.75, 3.05) is 10.7 Å². The maximum Gasteiger partial charge on any atom is 0.239 e. The SMILES string of the molecule is NNc1ncc(Br)c(NCc2ccncc2)n1. The lowest BCUT2D eigenvalue weighted by Gasteiger charge is -2.08. The zero-order valence-corrected chi connectivity index (χ0v) is 10.5. The molecule has 0 saturated carbocycles. The molecule has 4 N–H and O–H groups in total. The van der Waals surface area contributed by atoms with Gasteiger partial charge in [0.25, 0.3) is 0 Å². The van der Waals surface area contributed by atoms with Crippen molar-refractivity contribution in [1.82, 2.24) is 15.0 Å². The minimum atomic E-state index is 0.366. The van der Waals surface area contributed by atoms with Crippen LogP contribution in [0.3, 0.4) is 0 Å². The number of rotatable bonds is 4. The molecule has 0 aliphatic rings. The molecule has 0 amide bonds. The Kier molecular flexibility index (Phi) is 3.84. The van der Waals surface area contributed by atoms with Crippen LogP contribution in [-0.2, 0) is 6.54 Å². The summed E-state index contributed by atoms with van der Waals surface area (Å²) in [7, 11) is 0. The summed E-state index contributed by atoms with van der Waals surface area (Å²) in [5.74, 6) is 6.30. The van der Waals surface area contributed by atoms with Crippen molar-refractivity contribution in [1.29, 1.82) is 0 Å². The van der Waals surface area contributed by atoms with Crippen molar-refractivity contribution >= 4 is 27.7 Å². The molecule has 0 unspecified atom stereocenters. The molecule has 2 rings (SSSR count). The number of hydrogen-bond acceptors (Lipinski definition) is 6. The normalized spacial score (nSPS) is 10.0. The third kappa shape index (κ3) is 3.11. The smallest absolute Gasteiger partial charge is 0.239 e. The van der Waals surface area contributed by atoms with Crippen LogP contribution < -0.4 is 16.6 Å². The standard InChI is InChI=1S/C10H11BrN6/c11-8-6-15-10(17-12)16-9(8)14-5-7-1-3-13-4-2-7/h1-4,6H,5,12H2,(H2,14,15,16,17). The zero-order chi connectivity index (χ0) is 12.1. The number of aromatic nitrogens is 3. The largest absolute Gasteiger partial charge is 0.365 e. The van der Waals surface area contributed by atoms with Gasteiger partial charge in [-0.15, -0.1) is 0 Å². The lowest BCUT2D eigenvalue weighted by Crippen LogP contribution is -2.12. The quantitative estimate of drug-likeness (QED) is 0.585. The van der Waals surface area contributed by atoms with Gasteiger partial charge in [0.1, 0.15) is 5.82 Å². The van der Waals surface area contributed by atoms with Gasteiger partial charge in [-0.1, -0.05) is 0 Å². The fourth-order valence-electron chi connectivity index (χ4n) is 1.25. The van der Waals surface area contributed by atoms with Gasteiger partial charge in [0.15, 0.2) is 0 Å². The number of anilines is 2. The van der Waals surface area contributed by atoms with Crippen molar-refractivity contribution in [3.63, 3.8) is 0 Å². The maximum absolute atomic E-state index is 5.25. The predicted octanol–water partition coefficient (Wildman–Crippen LogP) is 1.53. The molecule has 0 spiro atoms. The average Bonchev–Trinajstić information content (AvgIpc) is 2.39. The minimum Gasteiger partial charge on any atom is -0.365 e. The van der Waals surface area contributed by atoms with Crippen molar-refractivity contribution in [2.24, 2.45) is 5.84 Å². The fourth-order valence-corrected chi connectivity index (χ4v) is 1.58. The van der Waals surface area contributed by atoms with E-state index >= 15 is 0 Å². The molecule has 0 aromatic carbocycles. The van der Waals surface area contributed by atoms with Crippen LogP contribution >= 0.6 is 15.9 Å². The third-order valence-corrected chi connectivity index (χ3v) is 2.66. The monoisotopic (exact) mass is 294 g/mol. The van der Waals surface area contributed by atoms with Gasteiger partial charge in [0, 0.05) is 25.1 Å². The first-order chi connectivity index (χ1) is 8.29. The minimum absolute atomic E-state index is 0.366. The van der Waals surface area contributed by atoms with E-state index in [0.717, 1.165) is 10.0 Å². The summed E-state index contributed by atoms with van der Waals surface area (Å²) in [4.78, 5) is 12.1. The topological polar surface area (TPSA) is 88.8 Å². The second-order valence-electron chi connectivity index (χ2n) is 3.24. The molecule has 2 aromatic heterocycles. The fraction of sp³-hybridized carbons (Fsp3) is 0.100. The zero-order valence-electron chi connectivity index (χ0n) is 8.89. The molecule has 7 heteroatoms. The second kappa shape index (κ2) is 5.55. The van der Waals surface area contributed by atoms with Gasteiger partial charge >= 0.3 is 0 Å². The number of hydrazine groups is 1. The first-order valence-corrected chi connectivity index (χ1v) is 5.71. The van der Waals surface area contributed by atoms with Crippen molar-refractivity contribution in [3.05, 3.63) is 40.8 Å². The Hall–Kier alpha value is -1.73. The summed E-state index contributed by atoms with van der Waals surface area (Å²) in [6.45, 7) is 0.655. The molecule has 0 fully saturated rings. The van der Waals surface area contributed by atoms with E-state index in [1.54, 1.807) is 18.6 Å². The predicted molar refractivity (Wildman–Crippen MR) is 69.1 cm³/mol. The van der Waals surface area contributed by atoms with Crippen LogP contribution in [0.25, 0.3) is 0 Å². The first kappa shape index (κ1) is 11.7. The van der Waals surface area contributed by atoms with Gasteiger partial charge < -0.3 is 5.32 Å². The molecular formula is C10H11BrN6. The summed E-state index contributed by atoms with van der Waals surface area (Å²) in [5.41, 5.74) is 3.52. The summed E-state index contributed by atoms with van der Waals surface area (Å²) in [5, 5.41) is 3.18. The summed E-state index contributed by atoms with van der Waals surface area (Å²) >= 11 is 3.36. The van der Waals surface area contributed by atoms with Gasteiger partial charge in [-0.3, -0.25) is 10.4 Å².